The van der Waals surface area contributed by atoms with Gasteiger partial charge in [0.25, 0.3) is 0 Å². The Balaban J connectivity index is 1.88. The minimum Gasteiger partial charge on any atom is -0.330 e. The van der Waals surface area contributed by atoms with E-state index in [0.29, 0.717) is 22.9 Å². The van der Waals surface area contributed by atoms with E-state index in [0.717, 1.165) is 30.2 Å². The molecule has 35 heavy (non-hydrogen) atoms. The zero-order valence-corrected chi connectivity index (χ0v) is 22.4. The second-order valence-electron chi connectivity index (χ2n) is 10.2. The number of likely N-dealkylation sites (tertiary alicyclic amines) is 1. The van der Waals surface area contributed by atoms with Gasteiger partial charge in [0, 0.05) is 28.5 Å². The lowest BCUT2D eigenvalue weighted by Gasteiger charge is -2.52. The number of nitrogens with one attached hydrogen (secondary N) is 1. The van der Waals surface area contributed by atoms with E-state index in [4.69, 9.17) is 23.2 Å². The number of halogens is 2. The molecular formula is C27H32Cl2N2O3S. The molecule has 8 heteroatoms. The van der Waals surface area contributed by atoms with Crippen molar-refractivity contribution < 1.29 is 13.2 Å². The molecule has 4 rings (SSSR count). The van der Waals surface area contributed by atoms with Crippen LogP contribution in [0.4, 0.5) is 0 Å². The number of piperidine rings is 1. The molecule has 1 heterocycles. The van der Waals surface area contributed by atoms with Gasteiger partial charge in [-0.2, -0.15) is 0 Å². The van der Waals surface area contributed by atoms with E-state index in [9.17, 15) is 13.2 Å². The lowest BCUT2D eigenvalue weighted by atomic mass is 9.67. The molecule has 0 aromatic heterocycles. The van der Waals surface area contributed by atoms with Crippen molar-refractivity contribution in [3.05, 3.63) is 82.4 Å². The smallest absolute Gasteiger partial charge is 0.229 e. The zero-order valence-electron chi connectivity index (χ0n) is 20.1. The quantitative estimate of drug-likeness (QED) is 0.403. The molecule has 1 aliphatic carbocycles. The van der Waals surface area contributed by atoms with Crippen LogP contribution >= 0.6 is 23.2 Å². The van der Waals surface area contributed by atoms with Gasteiger partial charge in [-0.3, -0.25) is 4.79 Å². The number of hydrogen-bond acceptors (Lipinski definition) is 3. The highest BCUT2D eigenvalue weighted by Crippen LogP contribution is 2.54. The third-order valence-electron chi connectivity index (χ3n) is 7.26. The average Bonchev–Trinajstić information content (AvgIpc) is 3.62. The number of carbonyl (C=O) groups is 1. The molecule has 188 valence electrons. The zero-order chi connectivity index (χ0) is 25.4. The fraction of sp³-hybridized carbons (Fsp3) is 0.444. The van der Waals surface area contributed by atoms with E-state index >= 15 is 0 Å². The van der Waals surface area contributed by atoms with Crippen molar-refractivity contribution in [2.24, 2.45) is 11.3 Å². The van der Waals surface area contributed by atoms with E-state index < -0.39 is 15.4 Å². The molecule has 1 N–H and O–H groups in total. The van der Waals surface area contributed by atoms with Gasteiger partial charge >= 0.3 is 0 Å². The maximum absolute atomic E-state index is 14.3. The summed E-state index contributed by atoms with van der Waals surface area (Å²) in [5.41, 5.74) is 1.35. The Bertz CT molecular complexity index is 1200. The highest BCUT2D eigenvalue weighted by atomic mass is 35.5. The van der Waals surface area contributed by atoms with E-state index in [1.807, 2.05) is 54.3 Å². The van der Waals surface area contributed by atoms with Crippen LogP contribution in [0.1, 0.15) is 55.7 Å². The molecule has 1 saturated carbocycles. The first-order valence-corrected chi connectivity index (χ1v) is 14.6. The van der Waals surface area contributed by atoms with Crippen LogP contribution in [0.2, 0.25) is 10.0 Å². The third-order valence-corrected chi connectivity index (χ3v) is 8.44. The van der Waals surface area contributed by atoms with Crippen molar-refractivity contribution in [3.63, 3.8) is 0 Å². The molecule has 1 aliphatic heterocycles. The molecule has 1 amide bonds. The number of carbonyl (C=O) groups excluding carboxylic acids is 1. The Morgan fingerprint density at radius 2 is 1.83 bits per heavy atom. The summed E-state index contributed by atoms with van der Waals surface area (Å²) >= 11 is 12.6. The molecular weight excluding hydrogens is 503 g/mol. The molecule has 2 fully saturated rings. The van der Waals surface area contributed by atoms with Gasteiger partial charge in [-0.05, 0) is 67.0 Å². The van der Waals surface area contributed by atoms with E-state index in [-0.39, 0.29) is 36.4 Å². The third kappa shape index (κ3) is 5.93. The molecule has 4 atom stereocenters. The summed E-state index contributed by atoms with van der Waals surface area (Å²) in [6.07, 6.45) is 6.04. The Hall–Kier alpha value is -1.86. The van der Waals surface area contributed by atoms with Crippen LogP contribution in [0.25, 0.3) is 0 Å². The summed E-state index contributed by atoms with van der Waals surface area (Å²) in [6, 6.07) is 14.9. The second-order valence-corrected chi connectivity index (χ2v) is 12.9. The normalized spacial score (nSPS) is 25.9. The van der Waals surface area contributed by atoms with Gasteiger partial charge in [0.05, 0.1) is 17.7 Å². The first kappa shape index (κ1) is 26.2. The van der Waals surface area contributed by atoms with Gasteiger partial charge in [-0.25, -0.2) is 13.1 Å². The highest BCUT2D eigenvalue weighted by molar-refractivity contribution is 7.88. The summed E-state index contributed by atoms with van der Waals surface area (Å²) in [6.45, 7) is 6.10. The SMILES string of the molecule is C=CC[C@@]1(C)CC(c2cccc(Cl)c2)C(c2ccc(Cl)cc2)N([C@H](CNS(C)(=O)=O)C2CC2)C1=O. The van der Waals surface area contributed by atoms with Crippen LogP contribution in [-0.2, 0) is 14.8 Å². The van der Waals surface area contributed by atoms with Gasteiger partial charge in [0.1, 0.15) is 0 Å². The Kier molecular flexibility index (Phi) is 7.68. The topological polar surface area (TPSA) is 66.5 Å². The molecule has 1 saturated heterocycles. The molecule has 2 aliphatic rings. The molecule has 2 aromatic carbocycles. The Labute approximate surface area is 218 Å². The standard InChI is InChI=1S/C27H32Cl2N2O3S/c1-4-14-27(2)16-23(20-6-5-7-22(29)15-20)25(19-10-12-21(28)13-11-19)31(26(27)32)24(18-8-9-18)17-30-35(3,33)34/h4-7,10-13,15,18,23-25,30H,1,8-9,14,16-17H2,2-3H3/t23?,24-,25?,27+/m1/s1. The van der Waals surface area contributed by atoms with Gasteiger partial charge in [-0.15, -0.1) is 6.58 Å². The van der Waals surface area contributed by atoms with Gasteiger partial charge in [-0.1, -0.05) is 60.5 Å². The Morgan fingerprint density at radius 3 is 2.40 bits per heavy atom. The van der Waals surface area contributed by atoms with E-state index in [1.54, 1.807) is 6.08 Å². The molecule has 0 spiro atoms. The fourth-order valence-corrected chi connectivity index (χ4v) is 6.26. The molecule has 5 nitrogen and oxygen atoms in total. The molecule has 0 bridgehead atoms. The largest absolute Gasteiger partial charge is 0.330 e. The lowest BCUT2D eigenvalue weighted by molar-refractivity contribution is -0.155. The van der Waals surface area contributed by atoms with Gasteiger partial charge < -0.3 is 4.90 Å². The monoisotopic (exact) mass is 534 g/mol. The van der Waals surface area contributed by atoms with E-state index in [1.165, 1.54) is 0 Å². The summed E-state index contributed by atoms with van der Waals surface area (Å²) in [5, 5.41) is 1.26. The van der Waals surface area contributed by atoms with Gasteiger partial charge in [0.15, 0.2) is 0 Å². The van der Waals surface area contributed by atoms with Crippen LogP contribution in [0, 0.1) is 11.3 Å². The molecule has 2 unspecified atom stereocenters. The summed E-state index contributed by atoms with van der Waals surface area (Å²) in [5.74, 6) is 0.230. The fourth-order valence-electron chi connectivity index (χ4n) is 5.46. The van der Waals surface area contributed by atoms with Crippen molar-refractivity contribution >= 4 is 39.1 Å². The average molecular weight is 536 g/mol. The van der Waals surface area contributed by atoms with Crippen molar-refractivity contribution in [2.45, 2.75) is 50.6 Å². The number of benzene rings is 2. The summed E-state index contributed by atoms with van der Waals surface area (Å²) < 4.78 is 26.7. The van der Waals surface area contributed by atoms with Gasteiger partial charge in [0.2, 0.25) is 15.9 Å². The predicted molar refractivity (Wildman–Crippen MR) is 142 cm³/mol. The number of rotatable bonds is 9. The number of allylic oxidation sites excluding steroid dienone is 1. The van der Waals surface area contributed by atoms with Crippen LogP contribution in [-0.4, -0.2) is 38.1 Å². The van der Waals surface area contributed by atoms with Crippen LogP contribution in [0.5, 0.6) is 0 Å². The van der Waals surface area contributed by atoms with Crippen molar-refractivity contribution in [1.29, 1.82) is 0 Å². The maximum atomic E-state index is 14.3. The van der Waals surface area contributed by atoms with Crippen molar-refractivity contribution in [2.75, 3.05) is 12.8 Å². The van der Waals surface area contributed by atoms with Crippen molar-refractivity contribution in [3.8, 4) is 0 Å². The van der Waals surface area contributed by atoms with Crippen LogP contribution in [0.15, 0.2) is 61.2 Å². The predicted octanol–water partition coefficient (Wildman–Crippen LogP) is 5.96. The van der Waals surface area contributed by atoms with Crippen LogP contribution in [0.3, 0.4) is 0 Å². The molecule has 0 radical (unpaired) electrons. The summed E-state index contributed by atoms with van der Waals surface area (Å²) in [7, 11) is -3.42. The van der Waals surface area contributed by atoms with Crippen LogP contribution < -0.4 is 4.72 Å². The number of amides is 1. The molecule has 2 aromatic rings. The minimum atomic E-state index is -3.42. The number of hydrogen-bond donors (Lipinski definition) is 1. The maximum Gasteiger partial charge on any atom is 0.229 e. The second kappa shape index (κ2) is 10.3. The highest BCUT2D eigenvalue weighted by Gasteiger charge is 2.53. The summed E-state index contributed by atoms with van der Waals surface area (Å²) in [4.78, 5) is 16.2. The lowest BCUT2D eigenvalue weighted by Crippen LogP contribution is -2.58. The first-order chi connectivity index (χ1) is 16.5. The Morgan fingerprint density at radius 1 is 1.14 bits per heavy atom. The number of nitrogens with zero attached hydrogens (tertiary/aromatic N) is 1. The first-order valence-electron chi connectivity index (χ1n) is 11.9. The van der Waals surface area contributed by atoms with Crippen molar-refractivity contribution in [1.82, 2.24) is 9.62 Å². The minimum absolute atomic E-state index is 0.0304. The number of sulfonamides is 1. The van der Waals surface area contributed by atoms with E-state index in [2.05, 4.69) is 17.4 Å².